The van der Waals surface area contributed by atoms with Gasteiger partial charge in [-0.25, -0.2) is 4.98 Å². The average molecular weight is 1180 g/mol. The van der Waals surface area contributed by atoms with Gasteiger partial charge in [0.05, 0.1) is 0 Å². The van der Waals surface area contributed by atoms with E-state index in [0.29, 0.717) is 23.3 Å². The monoisotopic (exact) mass is 1170 g/mol. The van der Waals surface area contributed by atoms with E-state index in [-0.39, 0.29) is 37.3 Å². The molecule has 0 fully saturated rings. The summed E-state index contributed by atoms with van der Waals surface area (Å²) in [5.74, 6) is 2.73. The Labute approximate surface area is 465 Å². The van der Waals surface area contributed by atoms with Gasteiger partial charge in [0.15, 0.2) is 0 Å². The molecule has 0 spiro atoms. The van der Waals surface area contributed by atoms with Gasteiger partial charge in [0.2, 0.25) is 0 Å². The summed E-state index contributed by atoms with van der Waals surface area (Å²) in [7, 11) is 0. The minimum Gasteiger partial charge on any atom is -0.509 e. The first-order chi connectivity index (χ1) is 36.0. The maximum atomic E-state index is 6.82. The fourth-order valence-electron chi connectivity index (χ4n) is 11.0. The molecule has 8 aromatic carbocycles. The molecule has 2 aromatic heterocycles. The van der Waals surface area contributed by atoms with Crippen LogP contribution in [0.1, 0.15) is 127 Å². The number of hydrogen-bond donors (Lipinski definition) is 0. The molecule has 0 amide bonds. The number of rotatable bonds is 12. The Morgan fingerprint density at radius 3 is 1.74 bits per heavy atom. The third-order valence-electron chi connectivity index (χ3n) is 15.6. The van der Waals surface area contributed by atoms with Crippen LogP contribution in [0.25, 0.3) is 38.8 Å². The second kappa shape index (κ2) is 20.4. The summed E-state index contributed by atoms with van der Waals surface area (Å²) in [5, 5.41) is 2.23. The smallest absolute Gasteiger partial charge is 0.135 e. The van der Waals surface area contributed by atoms with Gasteiger partial charge in [0.1, 0.15) is 5.82 Å². The number of pyridine rings is 1. The van der Waals surface area contributed by atoms with Gasteiger partial charge < -0.3 is 19.1 Å². The average Bonchev–Trinajstić information content (AvgIpc) is 4.05. The molecule has 0 atom stereocenters. The molecule has 0 N–H and O–H groups in total. The topological polar surface area (TPSA) is 33.5 Å². The largest absolute Gasteiger partial charge is 0.509 e. The van der Waals surface area contributed by atoms with Crippen LogP contribution in [0.4, 0.5) is 22.7 Å². The Morgan fingerprint density at radius 1 is 0.500 bits per heavy atom. The predicted molar refractivity (Wildman–Crippen MR) is 314 cm³/mol. The Morgan fingerprint density at radius 2 is 1.11 bits per heavy atom. The SMILES string of the molecule is CC(C)c1cccc(C(C)C)c1-c1ccc2c(c1)N(c1[c-]c(Oc3[c-]c4c(cc3)c3ccccc3n4-c3cc(C(C)(C)C)ccn3)ccc1)[CH-]N2c1cc(C(C)(C)c2ccccc2)cc(C(C)(C)c2ccccc2)c1.[Pt]. The molecule has 386 valence electrons. The molecule has 76 heavy (non-hydrogen) atoms. The van der Waals surface area contributed by atoms with Crippen LogP contribution in [0.15, 0.2) is 188 Å². The summed E-state index contributed by atoms with van der Waals surface area (Å²) in [4.78, 5) is 9.56. The maximum Gasteiger partial charge on any atom is 0.135 e. The van der Waals surface area contributed by atoms with Gasteiger partial charge in [-0.1, -0.05) is 191 Å². The molecule has 11 rings (SSSR count). The van der Waals surface area contributed by atoms with E-state index in [1.54, 1.807) is 0 Å². The van der Waals surface area contributed by atoms with Crippen LogP contribution < -0.4 is 14.5 Å². The quantitative estimate of drug-likeness (QED) is 0.114. The van der Waals surface area contributed by atoms with Gasteiger partial charge in [-0.2, -0.15) is 12.1 Å². The van der Waals surface area contributed by atoms with Crippen molar-refractivity contribution in [2.75, 3.05) is 9.80 Å². The van der Waals surface area contributed by atoms with Crippen LogP contribution in [0.3, 0.4) is 0 Å². The minimum atomic E-state index is -0.292. The summed E-state index contributed by atoms with van der Waals surface area (Å²) in [5.41, 5.74) is 16.9. The number of fused-ring (bicyclic) bond motifs is 4. The number of hydrogen-bond acceptors (Lipinski definition) is 4. The zero-order valence-corrected chi connectivity index (χ0v) is 47.9. The molecule has 0 bridgehead atoms. The third kappa shape index (κ3) is 9.57. The molecule has 10 aromatic rings. The molecule has 6 heteroatoms. The van der Waals surface area contributed by atoms with E-state index in [0.717, 1.165) is 50.4 Å². The molecule has 0 saturated heterocycles. The van der Waals surface area contributed by atoms with Crippen molar-refractivity contribution in [2.45, 2.75) is 104 Å². The second-order valence-corrected chi connectivity index (χ2v) is 23.0. The van der Waals surface area contributed by atoms with Gasteiger partial charge in [0, 0.05) is 72.2 Å². The molecular weight excluding hydrogens is 1110 g/mol. The Bertz CT molecular complexity index is 3640. The van der Waals surface area contributed by atoms with E-state index in [1.165, 1.54) is 50.1 Å². The van der Waals surface area contributed by atoms with Crippen molar-refractivity contribution >= 4 is 44.6 Å². The standard InChI is InChI=1S/C70H67N4O.Pt/c1-46(2)58-29-21-30-59(47(3)4)67(58)48-32-35-63-65(38-48)72(45-73(63)55-40-52(69(8,9)49-22-14-12-15-23-49)39-53(41-55)70(10,11)50-24-16-13-17-25-50)54-26-20-27-56(43-54)75-57-33-34-61-60-28-18-19-31-62(60)74(64(61)44-57)66-42-51(36-37-71-66)68(5,6)7;/h12-42,45-47H,1-11H3;/q-3;. The molecule has 0 aliphatic carbocycles. The van der Waals surface area contributed by atoms with Crippen molar-refractivity contribution in [1.29, 1.82) is 0 Å². The molecular formula is C70H67N4OPt-3. The first-order valence-electron chi connectivity index (χ1n) is 26.6. The number of ether oxygens (including phenoxy) is 1. The van der Waals surface area contributed by atoms with Gasteiger partial charge in [-0.3, -0.25) is 0 Å². The van der Waals surface area contributed by atoms with E-state index in [9.17, 15) is 0 Å². The summed E-state index contributed by atoms with van der Waals surface area (Å²) < 4.78 is 9.03. The summed E-state index contributed by atoms with van der Waals surface area (Å²) in [6.45, 7) is 27.5. The fraction of sp³-hybridized carbons (Fsp3) is 0.229. The molecule has 0 saturated carbocycles. The summed E-state index contributed by atoms with van der Waals surface area (Å²) in [6, 6.07) is 73.4. The summed E-state index contributed by atoms with van der Waals surface area (Å²) >= 11 is 0. The molecule has 3 heterocycles. The zero-order chi connectivity index (χ0) is 52.4. The van der Waals surface area contributed by atoms with Crippen molar-refractivity contribution in [3.63, 3.8) is 0 Å². The number of aromatic nitrogens is 2. The van der Waals surface area contributed by atoms with Crippen LogP contribution in [0, 0.1) is 18.8 Å². The number of anilines is 4. The van der Waals surface area contributed by atoms with Crippen LogP contribution in [0.5, 0.6) is 11.5 Å². The van der Waals surface area contributed by atoms with E-state index >= 15 is 0 Å². The number of benzene rings is 8. The predicted octanol–water partition coefficient (Wildman–Crippen LogP) is 18.8. The minimum absolute atomic E-state index is 0. The zero-order valence-electron chi connectivity index (χ0n) is 45.6. The van der Waals surface area contributed by atoms with E-state index in [4.69, 9.17) is 9.72 Å². The first-order valence-corrected chi connectivity index (χ1v) is 26.6. The molecule has 1 aliphatic rings. The van der Waals surface area contributed by atoms with Gasteiger partial charge in [-0.15, -0.1) is 48.1 Å². The van der Waals surface area contributed by atoms with Crippen LogP contribution in [0.2, 0.25) is 0 Å². The Balaban J connectivity index is 0.00000657. The second-order valence-electron chi connectivity index (χ2n) is 23.0. The Kier molecular flexibility index (Phi) is 14.0. The van der Waals surface area contributed by atoms with Gasteiger partial charge in [0.25, 0.3) is 0 Å². The van der Waals surface area contributed by atoms with E-state index in [2.05, 4.69) is 279 Å². The first kappa shape index (κ1) is 52.2. The number of nitrogens with zero attached hydrogens (tertiary/aromatic N) is 4. The van der Waals surface area contributed by atoms with Crippen molar-refractivity contribution in [3.8, 4) is 28.4 Å². The molecule has 0 radical (unpaired) electrons. The fourth-order valence-corrected chi connectivity index (χ4v) is 11.0. The van der Waals surface area contributed by atoms with Gasteiger partial charge >= 0.3 is 0 Å². The van der Waals surface area contributed by atoms with Crippen molar-refractivity contribution < 1.29 is 25.8 Å². The summed E-state index contributed by atoms with van der Waals surface area (Å²) in [6.07, 6.45) is 1.91. The van der Waals surface area contributed by atoms with Crippen molar-refractivity contribution in [2.24, 2.45) is 0 Å². The van der Waals surface area contributed by atoms with E-state index in [1.807, 2.05) is 18.3 Å². The molecule has 1 aliphatic heterocycles. The molecule has 0 unspecified atom stereocenters. The normalized spacial score (nSPS) is 13.0. The maximum absolute atomic E-state index is 6.82. The van der Waals surface area contributed by atoms with E-state index < -0.39 is 0 Å². The number of para-hydroxylation sites is 1. The van der Waals surface area contributed by atoms with Crippen molar-refractivity contribution in [1.82, 2.24) is 9.55 Å². The van der Waals surface area contributed by atoms with Crippen LogP contribution >= 0.6 is 0 Å². The Hall–Kier alpha value is -7.20. The third-order valence-corrected chi connectivity index (χ3v) is 15.6. The van der Waals surface area contributed by atoms with Crippen LogP contribution in [-0.4, -0.2) is 9.55 Å². The molecule has 5 nitrogen and oxygen atoms in total. The van der Waals surface area contributed by atoms with Crippen molar-refractivity contribution in [3.05, 3.63) is 246 Å². The van der Waals surface area contributed by atoms with Crippen LogP contribution in [-0.2, 0) is 37.3 Å². The van der Waals surface area contributed by atoms with Gasteiger partial charge in [-0.05, 0) is 115 Å².